The predicted molar refractivity (Wildman–Crippen MR) is 121 cm³/mol. The molecular weight excluding hydrogens is 428 g/mol. The van der Waals surface area contributed by atoms with Gasteiger partial charge >= 0.3 is 0 Å². The van der Waals surface area contributed by atoms with Crippen LogP contribution in [0.15, 0.2) is 51.1 Å². The molecule has 32 heavy (non-hydrogen) atoms. The molecule has 2 aliphatic carbocycles. The zero-order valence-corrected chi connectivity index (χ0v) is 18.5. The fourth-order valence-electron chi connectivity index (χ4n) is 5.62. The summed E-state index contributed by atoms with van der Waals surface area (Å²) in [5, 5.41) is 5.04. The molecule has 0 N–H and O–H groups in total. The van der Waals surface area contributed by atoms with Crippen LogP contribution in [0.3, 0.4) is 0 Å². The molecule has 8 nitrogen and oxygen atoms in total. The highest BCUT2D eigenvalue weighted by molar-refractivity contribution is 6.30. The minimum absolute atomic E-state index is 0.00199. The molecule has 3 aromatic rings. The lowest BCUT2D eigenvalue weighted by atomic mass is 10.1. The van der Waals surface area contributed by atoms with Crippen molar-refractivity contribution < 1.29 is 4.52 Å². The van der Waals surface area contributed by atoms with Crippen LogP contribution < -0.4 is 10.5 Å². The van der Waals surface area contributed by atoms with Gasteiger partial charge in [0.1, 0.15) is 6.54 Å². The first kappa shape index (κ1) is 19.4. The zero-order chi connectivity index (χ0) is 22.2. The largest absolute Gasteiger partial charge is 0.367 e. The summed E-state index contributed by atoms with van der Waals surface area (Å²) in [5.41, 5.74) is 2.88. The van der Waals surface area contributed by atoms with E-state index in [1.165, 1.54) is 16.6 Å². The predicted octanol–water partition coefficient (Wildman–Crippen LogP) is 3.08. The summed E-state index contributed by atoms with van der Waals surface area (Å²) in [6.07, 6.45) is 3.07. The zero-order valence-electron chi connectivity index (χ0n) is 17.7. The number of aromatic nitrogens is 4. The first-order chi connectivity index (χ1) is 15.5. The molecule has 4 heterocycles. The summed E-state index contributed by atoms with van der Waals surface area (Å²) >= 11 is 6.04. The smallest absolute Gasteiger partial charge is 0.261 e. The van der Waals surface area contributed by atoms with E-state index >= 15 is 0 Å². The monoisotopic (exact) mass is 448 g/mol. The van der Waals surface area contributed by atoms with Gasteiger partial charge in [-0.2, -0.15) is 4.98 Å². The van der Waals surface area contributed by atoms with Crippen molar-refractivity contribution in [2.75, 3.05) is 11.4 Å². The van der Waals surface area contributed by atoms with E-state index in [0.717, 1.165) is 17.4 Å². The fourth-order valence-corrected chi connectivity index (χ4v) is 5.74. The lowest BCUT2D eigenvalue weighted by molar-refractivity contribution is 0.361. The Kier molecular flexibility index (Phi) is 4.02. The van der Waals surface area contributed by atoms with Gasteiger partial charge in [0.05, 0.1) is 23.0 Å². The number of fused-ring (bicyclic) bond motifs is 1. The van der Waals surface area contributed by atoms with Crippen molar-refractivity contribution in [2.45, 2.75) is 31.8 Å². The molecule has 9 heteroatoms. The number of aliphatic imine (C=N–C) groups is 1. The molecule has 4 aliphatic rings. The maximum absolute atomic E-state index is 13.0. The number of benzene rings is 1. The lowest BCUT2D eigenvalue weighted by Crippen LogP contribution is -2.25. The minimum atomic E-state index is -0.169. The van der Waals surface area contributed by atoms with E-state index in [-0.39, 0.29) is 17.5 Å². The second-order valence-electron chi connectivity index (χ2n) is 8.78. The van der Waals surface area contributed by atoms with Crippen LogP contribution >= 0.6 is 11.6 Å². The average molecular weight is 449 g/mol. The van der Waals surface area contributed by atoms with Gasteiger partial charge in [-0.05, 0) is 56.3 Å². The third-order valence-electron chi connectivity index (χ3n) is 7.16. The SMILES string of the molecule is C=N/C=C(/C)c1c(C)ncn(Cc2nc([C@@]34C5[C@H]3[C@H]4CN5c3ccc(Cl)cc3)no2)c1=O. The van der Waals surface area contributed by atoms with E-state index in [1.807, 2.05) is 19.1 Å². The Morgan fingerprint density at radius 2 is 2.19 bits per heavy atom. The number of halogens is 1. The summed E-state index contributed by atoms with van der Waals surface area (Å²) < 4.78 is 7.04. The molecule has 0 spiro atoms. The Labute approximate surface area is 189 Å². The van der Waals surface area contributed by atoms with Crippen LogP contribution in [0.4, 0.5) is 5.69 Å². The van der Waals surface area contributed by atoms with Crippen LogP contribution in [0, 0.1) is 18.8 Å². The van der Waals surface area contributed by atoms with Gasteiger partial charge in [0.15, 0.2) is 5.82 Å². The van der Waals surface area contributed by atoms with Crippen LogP contribution in [0.2, 0.25) is 5.02 Å². The molecule has 7 rings (SSSR count). The first-order valence-electron chi connectivity index (χ1n) is 10.5. The summed E-state index contributed by atoms with van der Waals surface area (Å²) in [4.78, 5) is 28.2. The fraction of sp³-hybridized carbons (Fsp3) is 0.348. The van der Waals surface area contributed by atoms with Crippen molar-refractivity contribution in [3.05, 3.63) is 75.1 Å². The van der Waals surface area contributed by atoms with Crippen LogP contribution in [-0.2, 0) is 12.0 Å². The summed E-state index contributed by atoms with van der Waals surface area (Å²) in [6.45, 7) is 8.25. The molecule has 0 amide bonds. The molecule has 2 saturated carbocycles. The highest BCUT2D eigenvalue weighted by atomic mass is 35.5. The number of aryl methyl sites for hydroxylation is 1. The quantitative estimate of drug-likeness (QED) is 0.538. The van der Waals surface area contributed by atoms with Crippen molar-refractivity contribution in [3.63, 3.8) is 0 Å². The van der Waals surface area contributed by atoms with Crippen LogP contribution in [-0.4, -0.2) is 39.0 Å². The Balaban J connectivity index is 1.24. The Bertz CT molecular complexity index is 1340. The van der Waals surface area contributed by atoms with Gasteiger partial charge in [-0.15, -0.1) is 0 Å². The summed E-state index contributed by atoms with van der Waals surface area (Å²) in [7, 11) is 0. The number of rotatable bonds is 6. The first-order valence-corrected chi connectivity index (χ1v) is 10.9. The molecule has 4 fully saturated rings. The third-order valence-corrected chi connectivity index (χ3v) is 7.42. The number of nitrogens with zero attached hydrogens (tertiary/aromatic N) is 6. The van der Waals surface area contributed by atoms with Crippen molar-refractivity contribution in [1.82, 2.24) is 19.7 Å². The topological polar surface area (TPSA) is 89.4 Å². The maximum atomic E-state index is 13.0. The number of anilines is 1. The number of hydrogen-bond acceptors (Lipinski definition) is 7. The molecule has 2 saturated heterocycles. The highest BCUT2D eigenvalue weighted by Crippen LogP contribution is 2.85. The van der Waals surface area contributed by atoms with Gasteiger partial charge in [-0.1, -0.05) is 16.8 Å². The van der Waals surface area contributed by atoms with Crippen molar-refractivity contribution in [2.24, 2.45) is 16.8 Å². The molecule has 162 valence electrons. The van der Waals surface area contributed by atoms with E-state index in [9.17, 15) is 4.79 Å². The summed E-state index contributed by atoms with van der Waals surface area (Å²) in [6, 6.07) is 8.37. The van der Waals surface area contributed by atoms with E-state index in [4.69, 9.17) is 16.1 Å². The minimum Gasteiger partial charge on any atom is -0.367 e. The average Bonchev–Trinajstić information content (AvgIpc) is 3.32. The highest BCUT2D eigenvalue weighted by Gasteiger charge is 2.95. The van der Waals surface area contributed by atoms with Crippen LogP contribution in [0.25, 0.3) is 5.57 Å². The Morgan fingerprint density at radius 3 is 2.91 bits per heavy atom. The number of allylic oxidation sites excluding steroid dienone is 1. The second kappa shape index (κ2) is 6.62. The Morgan fingerprint density at radius 1 is 1.41 bits per heavy atom. The molecule has 2 aromatic heterocycles. The van der Waals surface area contributed by atoms with Crippen molar-refractivity contribution in [1.29, 1.82) is 0 Å². The molecular formula is C23H21ClN6O2. The Hall–Kier alpha value is -3.26. The van der Waals surface area contributed by atoms with Crippen molar-refractivity contribution in [3.8, 4) is 0 Å². The maximum Gasteiger partial charge on any atom is 0.261 e. The van der Waals surface area contributed by atoms with Gasteiger partial charge in [0.25, 0.3) is 5.56 Å². The van der Waals surface area contributed by atoms with E-state index in [0.29, 0.717) is 40.6 Å². The molecule has 4 atom stereocenters. The van der Waals surface area contributed by atoms with Crippen molar-refractivity contribution >= 4 is 29.6 Å². The lowest BCUT2D eigenvalue weighted by Gasteiger charge is -2.18. The molecule has 1 aromatic carbocycles. The third kappa shape index (κ3) is 2.53. The normalized spacial score (nSPS) is 27.4. The van der Waals surface area contributed by atoms with E-state index in [1.54, 1.807) is 13.1 Å². The van der Waals surface area contributed by atoms with E-state index in [2.05, 4.69) is 43.9 Å². The van der Waals surface area contributed by atoms with Crippen LogP contribution in [0.5, 0.6) is 0 Å². The van der Waals surface area contributed by atoms with E-state index < -0.39 is 0 Å². The van der Waals surface area contributed by atoms with Gasteiger partial charge in [-0.3, -0.25) is 14.4 Å². The molecule has 1 unspecified atom stereocenters. The van der Waals surface area contributed by atoms with Gasteiger partial charge < -0.3 is 9.42 Å². The molecule has 2 aliphatic heterocycles. The van der Waals surface area contributed by atoms with Gasteiger partial charge in [-0.25, -0.2) is 4.98 Å². The molecule has 0 radical (unpaired) electrons. The number of hydrogen-bond donors (Lipinski definition) is 0. The standard InChI is InChI=1S/C23H21ClN6O2/c1-12(8-25-3)18-13(2)26-11-29(21(18)31)10-17-27-22(28-32-17)23-16-9-30(20(23)19(16)23)15-6-4-14(24)5-7-15/h4-8,11,16,19-20H,3,9-10H2,1-2H3/b12-8-/t16-,19-,20?,23-/m1/s1. The second-order valence-corrected chi connectivity index (χ2v) is 9.22. The van der Waals surface area contributed by atoms with Gasteiger partial charge in [0.2, 0.25) is 5.89 Å². The summed E-state index contributed by atoms with van der Waals surface area (Å²) in [5.74, 6) is 2.30. The number of piperidine rings is 1. The van der Waals surface area contributed by atoms with Crippen LogP contribution in [0.1, 0.15) is 29.9 Å². The van der Waals surface area contributed by atoms with Gasteiger partial charge in [0, 0.05) is 35.4 Å². The molecule has 2 bridgehead atoms.